The summed E-state index contributed by atoms with van der Waals surface area (Å²) in [6.45, 7) is -0.902. The summed E-state index contributed by atoms with van der Waals surface area (Å²) in [6.07, 6.45) is -6.61. The van der Waals surface area contributed by atoms with Crippen LogP contribution in [0.15, 0.2) is 23.8 Å². The molecule has 10 atom stereocenters. The highest BCUT2D eigenvalue weighted by Gasteiger charge is 2.53. The predicted octanol–water partition coefficient (Wildman–Crippen LogP) is -1.43. The number of ether oxygens (including phenoxy) is 3. The molecule has 3 aliphatic heterocycles. The third kappa shape index (κ3) is 5.44. The van der Waals surface area contributed by atoms with E-state index in [-0.39, 0.29) is 40.7 Å². The molecule has 3 fully saturated rings. The maximum Gasteiger partial charge on any atom is 0.280 e. The number of halogens is 1. The maximum atomic E-state index is 16.1. The summed E-state index contributed by atoms with van der Waals surface area (Å²) in [5.41, 5.74) is 11.5. The number of hydrogen-bond acceptors (Lipinski definition) is 17. The first-order chi connectivity index (χ1) is 21.9. The number of nitrogens with zero attached hydrogens (tertiary/aromatic N) is 7. The molecule has 0 spiro atoms. The van der Waals surface area contributed by atoms with Crippen molar-refractivity contribution in [2.24, 2.45) is 0 Å². The van der Waals surface area contributed by atoms with Crippen molar-refractivity contribution in [3.05, 3.63) is 29.3 Å². The van der Waals surface area contributed by atoms with Gasteiger partial charge < -0.3 is 43.8 Å². The van der Waals surface area contributed by atoms with Crippen LogP contribution in [0, 0.1) is 0 Å². The molecular formula is C21H27B2FN10O10P2. The van der Waals surface area contributed by atoms with Crippen LogP contribution in [0.5, 0.6) is 0 Å². The number of nitrogens with one attached hydrogen (secondary N) is 1. The Labute approximate surface area is 259 Å². The van der Waals surface area contributed by atoms with Crippen LogP contribution in [0.4, 0.5) is 16.2 Å². The third-order valence-corrected chi connectivity index (χ3v) is 10.3. The van der Waals surface area contributed by atoms with Gasteiger partial charge in [-0.15, -0.1) is 0 Å². The topological polar surface area (TPSA) is 258 Å². The summed E-state index contributed by atoms with van der Waals surface area (Å²) in [6, 6.07) is 0. The fourth-order valence-electron chi connectivity index (χ4n) is 5.75. The molecular weight excluding hydrogens is 655 g/mol. The zero-order valence-corrected chi connectivity index (χ0v) is 26.2. The van der Waals surface area contributed by atoms with Crippen LogP contribution >= 0.6 is 14.9 Å². The van der Waals surface area contributed by atoms with Gasteiger partial charge in [0.2, 0.25) is 5.95 Å². The highest BCUT2D eigenvalue weighted by Crippen LogP contribution is 2.54. The molecule has 244 valence electrons. The zero-order valence-electron chi connectivity index (χ0n) is 24.4. The second-order valence-corrected chi connectivity index (χ2v) is 14.9. The number of hydrogen-bond donors (Lipinski definition) is 3. The molecule has 46 heavy (non-hydrogen) atoms. The number of nitrogen functional groups attached to an aromatic ring is 2. The minimum atomic E-state index is -4.04. The van der Waals surface area contributed by atoms with Crippen molar-refractivity contribution in [2.45, 2.75) is 49.1 Å². The molecule has 7 heterocycles. The number of alkyl halides is 1. The second-order valence-electron chi connectivity index (χ2n) is 10.9. The Kier molecular flexibility index (Phi) is 7.81. The van der Waals surface area contributed by atoms with Gasteiger partial charge in [-0.05, 0) is 0 Å². The van der Waals surface area contributed by atoms with Gasteiger partial charge >= 0.3 is 0 Å². The molecule has 0 amide bonds. The predicted molar refractivity (Wildman–Crippen MR) is 160 cm³/mol. The van der Waals surface area contributed by atoms with E-state index in [0.717, 1.165) is 0 Å². The van der Waals surface area contributed by atoms with E-state index in [0.29, 0.717) is 0 Å². The number of anilines is 2. The van der Waals surface area contributed by atoms with Crippen molar-refractivity contribution in [1.29, 1.82) is 0 Å². The van der Waals surface area contributed by atoms with Crippen LogP contribution < -0.4 is 17.0 Å². The highest BCUT2D eigenvalue weighted by atomic mass is 31.2. The number of H-pyrrole nitrogens is 1. The Hall–Kier alpha value is -3.26. The van der Waals surface area contributed by atoms with E-state index < -0.39 is 76.3 Å². The first kappa shape index (κ1) is 31.3. The van der Waals surface area contributed by atoms with Crippen molar-refractivity contribution in [1.82, 2.24) is 39.0 Å². The van der Waals surface area contributed by atoms with Crippen molar-refractivity contribution >= 4 is 64.2 Å². The van der Waals surface area contributed by atoms with Gasteiger partial charge in [0, 0.05) is 7.11 Å². The van der Waals surface area contributed by atoms with Crippen LogP contribution in [0.3, 0.4) is 0 Å². The van der Waals surface area contributed by atoms with E-state index in [1.165, 1.54) is 50.4 Å². The van der Waals surface area contributed by atoms with Crippen molar-refractivity contribution in [3.63, 3.8) is 0 Å². The standard InChI is InChI=1S/C21H27B2FN10O10P2/c1-38-13-8-3-40-45(22,36)43-12-7(41-19(9(12)24)33-5-29-10-15(25)27-4-28-16(10)33)2-39-46(23,37)44-14(13)20(42-8)34-6-30-11-17(34)31-21(26)32-18(11)35/h4-9,12-14,19-20H,2-3,22-23H2,1H3,(H2,25,27,28)(H3,26,31,32,35)/t7-,8?,9+,12+,13+,14+,19?,20-,45+,46+/m1/s1. The van der Waals surface area contributed by atoms with Gasteiger partial charge in [-0.3, -0.25) is 28.0 Å². The lowest BCUT2D eigenvalue weighted by Gasteiger charge is -2.28. The summed E-state index contributed by atoms with van der Waals surface area (Å²) in [5, 5.41) is 0. The second kappa shape index (κ2) is 11.5. The molecule has 0 aliphatic carbocycles. The summed E-state index contributed by atoms with van der Waals surface area (Å²) in [4.78, 5) is 35.2. The van der Waals surface area contributed by atoms with E-state index in [4.69, 9.17) is 43.8 Å². The minimum Gasteiger partial charge on any atom is -0.382 e. The van der Waals surface area contributed by atoms with Crippen molar-refractivity contribution in [2.75, 3.05) is 31.8 Å². The Bertz CT molecular complexity index is 1970. The number of imidazole rings is 2. The lowest BCUT2D eigenvalue weighted by atomic mass is 10.1. The number of nitrogens with two attached hydrogens (primary N) is 2. The summed E-state index contributed by atoms with van der Waals surface area (Å²) in [7, 11) is -4.33. The van der Waals surface area contributed by atoms with E-state index in [1.807, 2.05) is 0 Å². The molecule has 3 saturated heterocycles. The molecule has 3 aliphatic rings. The number of aromatic amines is 1. The normalized spacial score (nSPS) is 37.1. The van der Waals surface area contributed by atoms with Crippen LogP contribution in [0.2, 0.25) is 0 Å². The van der Waals surface area contributed by atoms with Gasteiger partial charge in [-0.2, -0.15) is 4.98 Å². The maximum absolute atomic E-state index is 16.1. The Morgan fingerprint density at radius 2 is 1.57 bits per heavy atom. The fourth-order valence-corrected chi connectivity index (χ4v) is 8.07. The molecule has 5 N–H and O–H groups in total. The molecule has 20 nitrogen and oxygen atoms in total. The van der Waals surface area contributed by atoms with Crippen molar-refractivity contribution in [3.8, 4) is 0 Å². The van der Waals surface area contributed by atoms with Gasteiger partial charge in [-0.1, -0.05) is 0 Å². The van der Waals surface area contributed by atoms with Crippen LogP contribution in [-0.4, -0.2) is 111 Å². The van der Waals surface area contributed by atoms with Gasteiger partial charge in [0.25, 0.3) is 35.6 Å². The van der Waals surface area contributed by atoms with E-state index >= 15 is 4.39 Å². The lowest BCUT2D eigenvalue weighted by Crippen LogP contribution is -2.37. The minimum absolute atomic E-state index is 0.0402. The zero-order chi connectivity index (χ0) is 32.5. The molecule has 7 rings (SSSR count). The van der Waals surface area contributed by atoms with Gasteiger partial charge in [0.1, 0.15) is 42.4 Å². The van der Waals surface area contributed by atoms with Gasteiger partial charge in [0.15, 0.2) is 41.3 Å². The molecule has 4 aromatic rings. The summed E-state index contributed by atoms with van der Waals surface area (Å²) >= 11 is 0. The Morgan fingerprint density at radius 3 is 2.28 bits per heavy atom. The molecule has 0 saturated carbocycles. The first-order valence-corrected chi connectivity index (χ1v) is 17.8. The molecule has 2 bridgehead atoms. The molecule has 2 unspecified atom stereocenters. The van der Waals surface area contributed by atoms with Crippen molar-refractivity contribution < 1.29 is 45.8 Å². The van der Waals surface area contributed by atoms with E-state index in [1.54, 1.807) is 0 Å². The number of fused-ring (bicyclic) bond motifs is 5. The molecule has 4 aromatic heterocycles. The Balaban J connectivity index is 1.22. The number of methoxy groups -OCH3 is 1. The fraction of sp³-hybridized carbons (Fsp3) is 0.524. The summed E-state index contributed by atoms with van der Waals surface area (Å²) < 4.78 is 87.2. The largest absolute Gasteiger partial charge is 0.382 e. The average Bonchev–Trinajstić information content (AvgIpc) is 3.75. The van der Waals surface area contributed by atoms with E-state index in [2.05, 4.69) is 29.9 Å². The first-order valence-electron chi connectivity index (χ1n) is 13.8. The average molecular weight is 682 g/mol. The SMILES string of the molecule is B[P@]1(=O)OCC2O[C@@H](n3cnc4c(=O)[nH]c(N)nc43)[C@@H](O[P@@](B)(=O)OC[C@H]3OC(n4cnc5c(N)ncnc54)[C@@H](F)[C@H]3O1)[C@H]2OC. The van der Waals surface area contributed by atoms with E-state index in [9.17, 15) is 13.9 Å². The quantitative estimate of drug-likeness (QED) is 0.165. The lowest BCUT2D eigenvalue weighted by molar-refractivity contribution is -0.0578. The van der Waals surface area contributed by atoms with Gasteiger partial charge in [-0.25, -0.2) is 24.3 Å². The molecule has 0 aromatic carbocycles. The van der Waals surface area contributed by atoms with Crippen LogP contribution in [0.1, 0.15) is 12.5 Å². The molecule has 0 radical (unpaired) electrons. The monoisotopic (exact) mass is 682 g/mol. The van der Waals surface area contributed by atoms with Crippen LogP contribution in [0.25, 0.3) is 22.3 Å². The highest BCUT2D eigenvalue weighted by molar-refractivity contribution is 7.79. The summed E-state index contributed by atoms with van der Waals surface area (Å²) in [5.74, 6) is -0.0992. The Morgan fingerprint density at radius 1 is 0.935 bits per heavy atom. The number of aromatic nitrogens is 8. The number of rotatable bonds is 3. The molecule has 25 heteroatoms. The third-order valence-electron chi connectivity index (χ3n) is 7.78. The van der Waals surface area contributed by atoms with Gasteiger partial charge in [0.05, 0.1) is 25.9 Å². The van der Waals surface area contributed by atoms with Crippen LogP contribution in [-0.2, 0) is 41.4 Å². The smallest absolute Gasteiger partial charge is 0.280 e.